The molecular formula is C21H21ClF4N6OS2. The summed E-state index contributed by atoms with van der Waals surface area (Å²) in [6, 6.07) is 0.669. The zero-order valence-corrected chi connectivity index (χ0v) is 20.4. The van der Waals surface area contributed by atoms with Gasteiger partial charge in [0.25, 0.3) is 0 Å². The van der Waals surface area contributed by atoms with Crippen LogP contribution in [-0.4, -0.2) is 66.7 Å². The smallest absolute Gasteiger partial charge is 0.345 e. The third kappa shape index (κ3) is 5.03. The Bertz CT molecular complexity index is 1270. The van der Waals surface area contributed by atoms with E-state index in [0.717, 1.165) is 24.1 Å². The molecule has 2 N–H and O–H groups in total. The van der Waals surface area contributed by atoms with Crippen molar-refractivity contribution in [2.75, 3.05) is 29.5 Å². The van der Waals surface area contributed by atoms with E-state index in [-0.39, 0.29) is 26.0 Å². The second-order valence-corrected chi connectivity index (χ2v) is 11.9. The van der Waals surface area contributed by atoms with Gasteiger partial charge in [-0.15, -0.1) is 23.5 Å². The number of pyridine rings is 1. The van der Waals surface area contributed by atoms with E-state index in [1.165, 1.54) is 11.1 Å². The SMILES string of the molecule is O=C(NCC(F)(F)F)[C@H]1CC2(CN1c1nc(-c3c[nH]c4ncc(Cl)cc34)ncc1F)SCCCS2.[HH]. The Morgan fingerprint density at radius 1 is 1.31 bits per heavy atom. The lowest BCUT2D eigenvalue weighted by Crippen LogP contribution is -2.46. The molecule has 188 valence electrons. The third-order valence-electron chi connectivity index (χ3n) is 5.81. The number of nitrogens with zero attached hydrogens (tertiary/aromatic N) is 4. The number of hydrogen-bond donors (Lipinski definition) is 2. The molecule has 2 aliphatic heterocycles. The van der Waals surface area contributed by atoms with Gasteiger partial charge in [0, 0.05) is 37.7 Å². The first-order valence-electron chi connectivity index (χ1n) is 10.7. The molecule has 0 radical (unpaired) electrons. The second-order valence-electron chi connectivity index (χ2n) is 8.26. The fourth-order valence-corrected chi connectivity index (χ4v) is 7.79. The van der Waals surface area contributed by atoms with Crippen LogP contribution in [0.2, 0.25) is 5.02 Å². The molecule has 14 heteroatoms. The van der Waals surface area contributed by atoms with Crippen LogP contribution >= 0.6 is 35.1 Å². The van der Waals surface area contributed by atoms with Crippen LogP contribution < -0.4 is 10.2 Å². The molecule has 5 rings (SSSR count). The lowest BCUT2D eigenvalue weighted by Gasteiger charge is -2.32. The van der Waals surface area contributed by atoms with Gasteiger partial charge in [-0.3, -0.25) is 4.79 Å². The summed E-state index contributed by atoms with van der Waals surface area (Å²) in [5, 5.41) is 2.99. The minimum Gasteiger partial charge on any atom is -0.345 e. The van der Waals surface area contributed by atoms with Crippen LogP contribution in [0.5, 0.6) is 0 Å². The molecule has 2 saturated heterocycles. The van der Waals surface area contributed by atoms with Crippen molar-refractivity contribution in [3.05, 3.63) is 35.5 Å². The number of nitrogens with one attached hydrogen (secondary N) is 2. The zero-order chi connectivity index (χ0) is 24.8. The number of anilines is 1. The molecule has 3 aromatic heterocycles. The Morgan fingerprint density at radius 2 is 2.09 bits per heavy atom. The summed E-state index contributed by atoms with van der Waals surface area (Å²) >= 11 is 9.38. The fraction of sp³-hybridized carbons (Fsp3) is 0.429. The maximum absolute atomic E-state index is 15.1. The van der Waals surface area contributed by atoms with Crippen LogP contribution in [0.15, 0.2) is 24.7 Å². The van der Waals surface area contributed by atoms with Gasteiger partial charge in [-0.05, 0) is 24.0 Å². The van der Waals surface area contributed by atoms with Crippen molar-refractivity contribution >= 4 is 57.9 Å². The van der Waals surface area contributed by atoms with Gasteiger partial charge < -0.3 is 15.2 Å². The number of amides is 1. The second kappa shape index (κ2) is 9.32. The quantitative estimate of drug-likeness (QED) is 0.449. The molecule has 1 spiro atoms. The summed E-state index contributed by atoms with van der Waals surface area (Å²) in [5.41, 5.74) is 1.07. The van der Waals surface area contributed by atoms with Crippen molar-refractivity contribution in [3.8, 4) is 11.4 Å². The number of hydrogen-bond acceptors (Lipinski definition) is 7. The summed E-state index contributed by atoms with van der Waals surface area (Å²) in [5.74, 6) is 0.192. The first-order valence-corrected chi connectivity index (χ1v) is 13.0. The number of aromatic amines is 1. The van der Waals surface area contributed by atoms with Crippen LogP contribution in [-0.2, 0) is 4.79 Å². The average molecular weight is 549 g/mol. The number of aromatic nitrogens is 4. The third-order valence-corrected chi connectivity index (χ3v) is 9.36. The topological polar surface area (TPSA) is 86.8 Å². The lowest BCUT2D eigenvalue weighted by atomic mass is 10.2. The molecule has 0 bridgehead atoms. The first-order chi connectivity index (χ1) is 16.6. The highest BCUT2D eigenvalue weighted by molar-refractivity contribution is 8.18. The minimum atomic E-state index is -4.55. The van der Waals surface area contributed by atoms with Crippen molar-refractivity contribution in [2.45, 2.75) is 29.1 Å². The van der Waals surface area contributed by atoms with E-state index in [0.29, 0.717) is 21.6 Å². The molecule has 1 amide bonds. The molecule has 3 aromatic rings. The maximum Gasteiger partial charge on any atom is 0.405 e. The highest BCUT2D eigenvalue weighted by atomic mass is 35.5. The number of thioether (sulfide) groups is 2. The van der Waals surface area contributed by atoms with E-state index in [4.69, 9.17) is 11.6 Å². The molecule has 2 fully saturated rings. The standard InChI is InChI=1S/C21H19ClF4N6OS2.H2/c22-11-4-12-13(7-28-16(12)27-6-11)17-29-8-14(23)18(31-17)32-10-20(34-2-1-3-35-20)5-15(32)19(33)30-9-21(24,25)26;/h4,6-8,15H,1-3,5,9-10H2,(H,27,28)(H,30,33);1H/t15-;/m1./s1. The van der Waals surface area contributed by atoms with Crippen molar-refractivity contribution in [2.24, 2.45) is 0 Å². The van der Waals surface area contributed by atoms with E-state index in [1.807, 2.05) is 5.32 Å². The van der Waals surface area contributed by atoms with Gasteiger partial charge in [-0.1, -0.05) is 11.6 Å². The molecule has 1 atom stereocenters. The molecule has 5 heterocycles. The number of carbonyl (C=O) groups excluding carboxylic acids is 1. The Balaban J connectivity index is 0.00000304. The molecule has 0 saturated carbocycles. The number of halogens is 5. The van der Waals surface area contributed by atoms with Gasteiger partial charge in [0.05, 0.1) is 15.3 Å². The van der Waals surface area contributed by atoms with E-state index in [1.54, 1.807) is 35.8 Å². The number of fused-ring (bicyclic) bond motifs is 1. The molecule has 0 unspecified atom stereocenters. The van der Waals surface area contributed by atoms with Crippen LogP contribution in [0.1, 0.15) is 14.3 Å². The van der Waals surface area contributed by atoms with Crippen molar-refractivity contribution in [3.63, 3.8) is 0 Å². The summed E-state index contributed by atoms with van der Waals surface area (Å²) in [6.07, 6.45) is 0.822. The molecule has 7 nitrogen and oxygen atoms in total. The number of H-pyrrole nitrogens is 1. The zero-order valence-electron chi connectivity index (χ0n) is 18.0. The Labute approximate surface area is 212 Å². The Hall–Kier alpha value is -2.25. The summed E-state index contributed by atoms with van der Waals surface area (Å²) < 4.78 is 52.9. The number of rotatable bonds is 4. The first kappa shape index (κ1) is 24.4. The van der Waals surface area contributed by atoms with Gasteiger partial charge in [0.1, 0.15) is 18.2 Å². The van der Waals surface area contributed by atoms with Crippen LogP contribution in [0.3, 0.4) is 0 Å². The van der Waals surface area contributed by atoms with Crippen LogP contribution in [0.25, 0.3) is 22.4 Å². The highest BCUT2D eigenvalue weighted by Gasteiger charge is 2.50. The van der Waals surface area contributed by atoms with Crippen LogP contribution in [0, 0.1) is 5.82 Å². The van der Waals surface area contributed by atoms with E-state index >= 15 is 4.39 Å². The lowest BCUT2D eigenvalue weighted by molar-refractivity contribution is -0.139. The van der Waals surface area contributed by atoms with E-state index in [2.05, 4.69) is 19.9 Å². The van der Waals surface area contributed by atoms with Gasteiger partial charge in [-0.2, -0.15) is 13.2 Å². The number of carbonyl (C=O) groups is 1. The van der Waals surface area contributed by atoms with Crippen molar-refractivity contribution in [1.29, 1.82) is 0 Å². The molecule has 35 heavy (non-hydrogen) atoms. The van der Waals surface area contributed by atoms with Gasteiger partial charge >= 0.3 is 6.18 Å². The Morgan fingerprint density at radius 3 is 2.83 bits per heavy atom. The molecule has 0 aliphatic carbocycles. The van der Waals surface area contributed by atoms with Gasteiger partial charge in [0.15, 0.2) is 17.5 Å². The normalized spacial score (nSPS) is 20.0. The predicted octanol–water partition coefficient (Wildman–Crippen LogP) is 4.88. The Kier molecular flexibility index (Phi) is 6.51. The summed E-state index contributed by atoms with van der Waals surface area (Å²) in [6.45, 7) is -1.19. The largest absolute Gasteiger partial charge is 0.405 e. The maximum atomic E-state index is 15.1. The van der Waals surface area contributed by atoms with Gasteiger partial charge in [-0.25, -0.2) is 19.3 Å². The average Bonchev–Trinajstić information content (AvgIpc) is 3.39. The monoisotopic (exact) mass is 548 g/mol. The summed E-state index contributed by atoms with van der Waals surface area (Å²) in [7, 11) is 0. The summed E-state index contributed by atoms with van der Waals surface area (Å²) in [4.78, 5) is 30.1. The predicted molar refractivity (Wildman–Crippen MR) is 131 cm³/mol. The van der Waals surface area contributed by atoms with Crippen molar-refractivity contribution in [1.82, 2.24) is 25.3 Å². The minimum absolute atomic E-state index is 0. The van der Waals surface area contributed by atoms with Crippen molar-refractivity contribution < 1.29 is 23.8 Å². The fourth-order valence-electron chi connectivity index (χ4n) is 4.28. The molecule has 2 aliphatic rings. The highest BCUT2D eigenvalue weighted by Crippen LogP contribution is 2.51. The van der Waals surface area contributed by atoms with E-state index in [9.17, 15) is 18.0 Å². The van der Waals surface area contributed by atoms with E-state index < -0.39 is 34.6 Å². The van der Waals surface area contributed by atoms with Gasteiger partial charge in [0.2, 0.25) is 5.91 Å². The number of alkyl halides is 3. The molecule has 0 aromatic carbocycles. The van der Waals surface area contributed by atoms with Crippen LogP contribution in [0.4, 0.5) is 23.4 Å². The molecular weight excluding hydrogens is 528 g/mol.